The molecule has 3 aromatic rings. The number of Topliss-reactive ketones (excluding diaryl/α,β-unsaturated/α-hetero) is 1. The van der Waals surface area contributed by atoms with Crippen LogP contribution in [0.2, 0.25) is 5.02 Å². The first kappa shape index (κ1) is 26.8. The Morgan fingerprint density at radius 2 is 1.77 bits per heavy atom. The van der Waals surface area contributed by atoms with Gasteiger partial charge in [-0.3, -0.25) is 14.6 Å². The first-order valence-electron chi connectivity index (χ1n) is 13.3. The molecule has 0 fully saturated rings. The van der Waals surface area contributed by atoms with Crippen LogP contribution in [0, 0.1) is 5.92 Å². The fourth-order valence-corrected chi connectivity index (χ4v) is 6.54. The van der Waals surface area contributed by atoms with Gasteiger partial charge in [-0.1, -0.05) is 70.0 Å². The summed E-state index contributed by atoms with van der Waals surface area (Å²) in [5, 5.41) is 0.652. The maximum atomic E-state index is 13.9. The van der Waals surface area contributed by atoms with Gasteiger partial charge in [0.1, 0.15) is 5.92 Å². The van der Waals surface area contributed by atoms with Gasteiger partial charge < -0.3 is 14.2 Å². The molecule has 2 heterocycles. The highest BCUT2D eigenvalue weighted by atomic mass is 79.9. The minimum absolute atomic E-state index is 0.0183. The van der Waals surface area contributed by atoms with E-state index >= 15 is 0 Å². The summed E-state index contributed by atoms with van der Waals surface area (Å²) < 4.78 is 17.8. The van der Waals surface area contributed by atoms with Crippen molar-refractivity contribution in [3.8, 4) is 11.5 Å². The van der Waals surface area contributed by atoms with E-state index in [9.17, 15) is 9.59 Å². The van der Waals surface area contributed by atoms with Crippen molar-refractivity contribution < 1.29 is 23.8 Å². The molecule has 40 heavy (non-hydrogen) atoms. The first-order valence-corrected chi connectivity index (χ1v) is 14.4. The standard InChI is InChI=1S/C32H27BrClNO5/c1-18-29(32(37)38-12-11-19-5-3-2-4-6-19)30(23-15-27-28(16-24(23)33)40-17-39-27)31-25(35-18)13-21(14-26(31)36)20-7-9-22(34)10-8-20/h2-10,15-16,21,29-30H,11-14,17H2,1H3/t21-,29?,30+/m1/s1. The molecule has 0 saturated heterocycles. The number of esters is 1. The van der Waals surface area contributed by atoms with Crippen molar-refractivity contribution in [2.24, 2.45) is 10.9 Å². The van der Waals surface area contributed by atoms with Crippen LogP contribution in [0.5, 0.6) is 11.5 Å². The summed E-state index contributed by atoms with van der Waals surface area (Å²) in [6, 6.07) is 21.2. The lowest BCUT2D eigenvalue weighted by Gasteiger charge is -2.37. The Morgan fingerprint density at radius 1 is 1.05 bits per heavy atom. The van der Waals surface area contributed by atoms with Crippen LogP contribution in [-0.2, 0) is 20.7 Å². The molecule has 6 rings (SSSR count). The summed E-state index contributed by atoms with van der Waals surface area (Å²) in [6.45, 7) is 2.20. The minimum Gasteiger partial charge on any atom is -0.465 e. The number of rotatable bonds is 6. The van der Waals surface area contributed by atoms with E-state index in [1.54, 1.807) is 0 Å². The fraction of sp³-hybridized carbons (Fsp3) is 0.281. The van der Waals surface area contributed by atoms with Gasteiger partial charge in [0, 0.05) is 45.2 Å². The summed E-state index contributed by atoms with van der Waals surface area (Å²) in [5.41, 5.74) is 4.81. The van der Waals surface area contributed by atoms with Gasteiger partial charge >= 0.3 is 5.97 Å². The van der Waals surface area contributed by atoms with Gasteiger partial charge in [0.05, 0.1) is 6.61 Å². The smallest absolute Gasteiger partial charge is 0.315 e. The molecule has 0 bridgehead atoms. The fourth-order valence-electron chi connectivity index (χ4n) is 5.85. The first-order chi connectivity index (χ1) is 19.4. The van der Waals surface area contributed by atoms with Crippen molar-refractivity contribution in [3.05, 3.63) is 104 Å². The number of hydrogen-bond acceptors (Lipinski definition) is 6. The third kappa shape index (κ3) is 5.20. The van der Waals surface area contributed by atoms with Crippen LogP contribution in [0.3, 0.4) is 0 Å². The maximum absolute atomic E-state index is 13.9. The van der Waals surface area contributed by atoms with E-state index in [0.29, 0.717) is 47.1 Å². The number of carbonyl (C=O) groups is 2. The van der Waals surface area contributed by atoms with Crippen LogP contribution >= 0.6 is 27.5 Å². The molecule has 0 amide bonds. The lowest BCUT2D eigenvalue weighted by Crippen LogP contribution is -2.38. The van der Waals surface area contributed by atoms with Crippen LogP contribution in [-0.4, -0.2) is 30.9 Å². The highest BCUT2D eigenvalue weighted by Gasteiger charge is 2.46. The lowest BCUT2D eigenvalue weighted by atomic mass is 9.69. The van der Waals surface area contributed by atoms with E-state index in [-0.39, 0.29) is 25.1 Å². The van der Waals surface area contributed by atoms with Crippen LogP contribution < -0.4 is 9.47 Å². The highest BCUT2D eigenvalue weighted by Crippen LogP contribution is 2.50. The van der Waals surface area contributed by atoms with E-state index in [1.807, 2.05) is 73.7 Å². The Balaban J connectivity index is 1.36. The zero-order valence-electron chi connectivity index (χ0n) is 21.9. The molecule has 3 aliphatic rings. The maximum Gasteiger partial charge on any atom is 0.315 e. The van der Waals surface area contributed by atoms with Gasteiger partial charge in [0.2, 0.25) is 6.79 Å². The average molecular weight is 621 g/mol. The van der Waals surface area contributed by atoms with Crippen molar-refractivity contribution in [2.45, 2.75) is 38.0 Å². The summed E-state index contributed by atoms with van der Waals surface area (Å²) in [4.78, 5) is 32.5. The van der Waals surface area contributed by atoms with Gasteiger partial charge in [-0.25, -0.2) is 0 Å². The number of ether oxygens (including phenoxy) is 3. The normalized spacial score (nSPS) is 21.6. The largest absolute Gasteiger partial charge is 0.465 e. The van der Waals surface area contributed by atoms with Crippen molar-refractivity contribution >= 4 is 45.0 Å². The molecule has 0 N–H and O–H groups in total. The number of nitrogens with zero attached hydrogens (tertiary/aromatic N) is 1. The van der Waals surface area contributed by atoms with Crippen LogP contribution in [0.1, 0.15) is 48.3 Å². The molecule has 1 unspecified atom stereocenters. The van der Waals surface area contributed by atoms with Crippen LogP contribution in [0.25, 0.3) is 0 Å². The molecule has 204 valence electrons. The van der Waals surface area contributed by atoms with Crippen LogP contribution in [0.15, 0.2) is 87.5 Å². The van der Waals surface area contributed by atoms with E-state index < -0.39 is 17.8 Å². The van der Waals surface area contributed by atoms with E-state index in [2.05, 4.69) is 15.9 Å². The molecule has 0 saturated carbocycles. The number of halogens is 2. The Hall–Kier alpha value is -3.42. The zero-order valence-corrected chi connectivity index (χ0v) is 24.2. The van der Waals surface area contributed by atoms with Crippen molar-refractivity contribution in [2.75, 3.05) is 13.4 Å². The SMILES string of the molecule is CC1=NC2=C(C(=O)C[C@H](c3ccc(Cl)cc3)C2)[C@@H](c2cc3c(cc2Br)OCO3)C1C(=O)OCCc1ccccc1. The molecule has 0 radical (unpaired) electrons. The Kier molecular flexibility index (Phi) is 7.51. The molecule has 0 aromatic heterocycles. The van der Waals surface area contributed by atoms with Crippen LogP contribution in [0.4, 0.5) is 0 Å². The Bertz CT molecular complexity index is 1530. The van der Waals surface area contributed by atoms with Gasteiger partial charge in [-0.05, 0) is 60.2 Å². The topological polar surface area (TPSA) is 74.2 Å². The molecule has 3 atom stereocenters. The van der Waals surface area contributed by atoms with Gasteiger partial charge in [0.25, 0.3) is 0 Å². The number of aliphatic imine (C=N–C) groups is 1. The Labute approximate surface area is 246 Å². The third-order valence-corrected chi connectivity index (χ3v) is 8.73. The second-order valence-electron chi connectivity index (χ2n) is 10.3. The van der Waals surface area contributed by atoms with Crippen molar-refractivity contribution in [1.82, 2.24) is 0 Å². The molecule has 2 aliphatic heterocycles. The van der Waals surface area contributed by atoms with Crippen molar-refractivity contribution in [1.29, 1.82) is 0 Å². The summed E-state index contributed by atoms with van der Waals surface area (Å²) >= 11 is 9.79. The second-order valence-corrected chi connectivity index (χ2v) is 11.6. The van der Waals surface area contributed by atoms with E-state index in [1.165, 1.54) is 0 Å². The predicted octanol–water partition coefficient (Wildman–Crippen LogP) is 7.19. The van der Waals surface area contributed by atoms with Gasteiger partial charge in [0.15, 0.2) is 17.3 Å². The van der Waals surface area contributed by atoms with Gasteiger partial charge in [-0.2, -0.15) is 0 Å². The average Bonchev–Trinajstić information content (AvgIpc) is 3.40. The number of benzene rings is 3. The number of allylic oxidation sites excluding steroid dienone is 2. The molecule has 6 nitrogen and oxygen atoms in total. The summed E-state index contributed by atoms with van der Waals surface area (Å²) in [7, 11) is 0. The van der Waals surface area contributed by atoms with E-state index in [0.717, 1.165) is 26.9 Å². The predicted molar refractivity (Wildman–Crippen MR) is 156 cm³/mol. The molecular weight excluding hydrogens is 594 g/mol. The number of fused-ring (bicyclic) bond motifs is 1. The number of carbonyl (C=O) groups excluding carboxylic acids is 2. The second kappa shape index (κ2) is 11.2. The molecule has 1 aliphatic carbocycles. The van der Waals surface area contributed by atoms with Gasteiger partial charge in [-0.15, -0.1) is 0 Å². The quantitative estimate of drug-likeness (QED) is 0.273. The number of ketones is 1. The lowest BCUT2D eigenvalue weighted by molar-refractivity contribution is -0.146. The summed E-state index contributed by atoms with van der Waals surface area (Å²) in [6.07, 6.45) is 1.52. The molecular formula is C32H27BrClNO5. The highest BCUT2D eigenvalue weighted by molar-refractivity contribution is 9.10. The zero-order chi connectivity index (χ0) is 27.8. The minimum atomic E-state index is -0.748. The molecule has 3 aromatic carbocycles. The number of hydrogen-bond donors (Lipinski definition) is 0. The third-order valence-electron chi connectivity index (χ3n) is 7.79. The summed E-state index contributed by atoms with van der Waals surface area (Å²) in [5.74, 6) is -0.554. The Morgan fingerprint density at radius 3 is 2.52 bits per heavy atom. The molecule has 8 heteroatoms. The molecule has 0 spiro atoms. The van der Waals surface area contributed by atoms with Crippen molar-refractivity contribution in [3.63, 3.8) is 0 Å². The van der Waals surface area contributed by atoms with E-state index in [4.69, 9.17) is 30.8 Å². The monoisotopic (exact) mass is 619 g/mol.